The van der Waals surface area contributed by atoms with Gasteiger partial charge in [0, 0.05) is 7.05 Å². The summed E-state index contributed by atoms with van der Waals surface area (Å²) in [7, 11) is -1.49. The van der Waals surface area contributed by atoms with Crippen LogP contribution in [0, 0.1) is 0 Å². The van der Waals surface area contributed by atoms with Gasteiger partial charge in [-0.1, -0.05) is 18.7 Å². The molecular weight excluding hydrogens is 212 g/mol. The van der Waals surface area contributed by atoms with Crippen molar-refractivity contribution in [1.29, 1.82) is 0 Å². The maximum Gasteiger partial charge on any atom is 0.244 e. The summed E-state index contributed by atoms with van der Waals surface area (Å²) in [6.07, 6.45) is 1.70. The van der Waals surface area contributed by atoms with Crippen LogP contribution in [0.25, 0.3) is 6.08 Å². The smallest absolute Gasteiger partial charge is 0.244 e. The Hall–Kier alpha value is -1.33. The Morgan fingerprint density at radius 1 is 1.53 bits per heavy atom. The number of rotatable bonds is 1. The third-order valence-corrected chi connectivity index (χ3v) is 3.84. The zero-order valence-electron chi connectivity index (χ0n) is 8.40. The Morgan fingerprint density at radius 3 is 2.93 bits per heavy atom. The summed E-state index contributed by atoms with van der Waals surface area (Å²) in [4.78, 5) is 2.17. The lowest BCUT2D eigenvalue weighted by Crippen LogP contribution is -2.40. The van der Waals surface area contributed by atoms with Gasteiger partial charge in [0.15, 0.2) is 0 Å². The van der Waals surface area contributed by atoms with Gasteiger partial charge in [-0.25, -0.2) is 8.42 Å². The second-order valence-electron chi connectivity index (χ2n) is 3.44. The van der Waals surface area contributed by atoms with Crippen molar-refractivity contribution in [2.45, 2.75) is 4.90 Å². The van der Waals surface area contributed by atoms with E-state index in [9.17, 15) is 8.42 Å². The number of hydrogen-bond acceptors (Lipinski definition) is 3. The summed E-state index contributed by atoms with van der Waals surface area (Å²) in [6, 6.07) is 5.16. The molecule has 0 unspecified atom stereocenters. The molecule has 15 heavy (non-hydrogen) atoms. The van der Waals surface area contributed by atoms with Crippen molar-refractivity contribution in [1.82, 2.24) is 4.72 Å². The van der Waals surface area contributed by atoms with Crippen molar-refractivity contribution in [2.24, 2.45) is 0 Å². The molecule has 1 N–H and O–H groups in total. The Balaban J connectivity index is 2.67. The molecule has 0 bridgehead atoms. The first-order valence-electron chi connectivity index (χ1n) is 4.52. The van der Waals surface area contributed by atoms with E-state index >= 15 is 0 Å². The average molecular weight is 224 g/mol. The van der Waals surface area contributed by atoms with E-state index in [0.29, 0.717) is 17.3 Å². The molecule has 1 aliphatic heterocycles. The Morgan fingerprint density at radius 2 is 2.27 bits per heavy atom. The van der Waals surface area contributed by atoms with Crippen LogP contribution >= 0.6 is 0 Å². The van der Waals surface area contributed by atoms with Crippen LogP contribution in [0.4, 0.5) is 5.69 Å². The Kier molecular flexibility index (Phi) is 2.28. The van der Waals surface area contributed by atoms with Gasteiger partial charge in [0.2, 0.25) is 10.0 Å². The van der Waals surface area contributed by atoms with Gasteiger partial charge in [-0.15, -0.1) is 0 Å². The molecule has 0 aliphatic carbocycles. The standard InChI is InChI=1S/C10H12N2O2S/c1-3-8-4-5-10-9(6-8)12(2)7-11-15(10,13)14/h3-6,11H,1,7H2,2H3. The fourth-order valence-electron chi connectivity index (χ4n) is 1.53. The third kappa shape index (κ3) is 1.64. The van der Waals surface area contributed by atoms with Crippen molar-refractivity contribution >= 4 is 21.8 Å². The number of hydrogen-bond donors (Lipinski definition) is 1. The molecule has 0 radical (unpaired) electrons. The van der Waals surface area contributed by atoms with Gasteiger partial charge in [0.05, 0.1) is 12.4 Å². The van der Waals surface area contributed by atoms with Crippen LogP contribution in [0.5, 0.6) is 0 Å². The highest BCUT2D eigenvalue weighted by Gasteiger charge is 2.25. The molecule has 0 atom stereocenters. The Bertz CT molecular complexity index is 508. The lowest BCUT2D eigenvalue weighted by atomic mass is 10.2. The van der Waals surface area contributed by atoms with Gasteiger partial charge in [0.1, 0.15) is 4.90 Å². The number of nitrogens with zero attached hydrogens (tertiary/aromatic N) is 1. The van der Waals surface area contributed by atoms with Crippen molar-refractivity contribution in [3.63, 3.8) is 0 Å². The lowest BCUT2D eigenvalue weighted by Gasteiger charge is -2.28. The Labute approximate surface area is 89.3 Å². The van der Waals surface area contributed by atoms with Gasteiger partial charge >= 0.3 is 0 Å². The molecule has 0 saturated carbocycles. The number of anilines is 1. The first kappa shape index (κ1) is 10.2. The lowest BCUT2D eigenvalue weighted by molar-refractivity contribution is 0.575. The predicted molar refractivity (Wildman–Crippen MR) is 60.1 cm³/mol. The van der Waals surface area contributed by atoms with E-state index in [1.807, 2.05) is 18.0 Å². The zero-order chi connectivity index (χ0) is 11.1. The highest BCUT2D eigenvalue weighted by atomic mass is 32.2. The monoisotopic (exact) mass is 224 g/mol. The van der Waals surface area contributed by atoms with Crippen LogP contribution < -0.4 is 9.62 Å². The molecule has 1 heterocycles. The highest BCUT2D eigenvalue weighted by Crippen LogP contribution is 2.28. The summed E-state index contributed by atoms with van der Waals surface area (Å²) in [5.41, 5.74) is 1.63. The minimum absolute atomic E-state index is 0.302. The van der Waals surface area contributed by atoms with Crippen LogP contribution in [-0.2, 0) is 10.0 Å². The predicted octanol–water partition coefficient (Wildman–Crippen LogP) is 1.02. The molecule has 5 heteroatoms. The number of nitrogens with one attached hydrogen (secondary N) is 1. The maximum atomic E-state index is 11.7. The number of benzene rings is 1. The van der Waals surface area contributed by atoms with E-state index in [1.54, 1.807) is 18.2 Å². The van der Waals surface area contributed by atoms with Crippen molar-refractivity contribution in [2.75, 3.05) is 18.6 Å². The van der Waals surface area contributed by atoms with Crippen LogP contribution in [0.15, 0.2) is 29.7 Å². The minimum Gasteiger partial charge on any atom is -0.360 e. The second kappa shape index (κ2) is 3.36. The minimum atomic E-state index is -3.33. The van der Waals surface area contributed by atoms with E-state index in [-0.39, 0.29) is 0 Å². The summed E-state index contributed by atoms with van der Waals surface area (Å²) in [5, 5.41) is 0. The van der Waals surface area contributed by atoms with Crippen LogP contribution in [0.1, 0.15) is 5.56 Å². The first-order chi connectivity index (χ1) is 7.04. The second-order valence-corrected chi connectivity index (χ2v) is 5.17. The van der Waals surface area contributed by atoms with Gasteiger partial charge in [0.25, 0.3) is 0 Å². The molecule has 0 amide bonds. The molecule has 0 fully saturated rings. The van der Waals surface area contributed by atoms with Crippen molar-refractivity contribution < 1.29 is 8.42 Å². The summed E-state index contributed by atoms with van der Waals surface area (Å²) in [5.74, 6) is 0. The molecule has 1 aliphatic rings. The molecule has 0 aromatic heterocycles. The third-order valence-electron chi connectivity index (χ3n) is 2.41. The van der Waals surface area contributed by atoms with Crippen molar-refractivity contribution in [3.8, 4) is 0 Å². The topological polar surface area (TPSA) is 49.4 Å². The normalized spacial score (nSPS) is 18.3. The molecule has 2 rings (SSSR count). The van der Waals surface area contributed by atoms with E-state index in [0.717, 1.165) is 5.56 Å². The van der Waals surface area contributed by atoms with Gasteiger partial charge in [-0.2, -0.15) is 4.72 Å². The molecule has 0 saturated heterocycles. The first-order valence-corrected chi connectivity index (χ1v) is 6.00. The fraction of sp³-hybridized carbons (Fsp3) is 0.200. The van der Waals surface area contributed by atoms with Gasteiger partial charge in [-0.05, 0) is 17.7 Å². The van der Waals surface area contributed by atoms with Crippen LogP contribution in [0.3, 0.4) is 0 Å². The van der Waals surface area contributed by atoms with E-state index in [1.165, 1.54) is 0 Å². The van der Waals surface area contributed by atoms with Gasteiger partial charge in [-0.3, -0.25) is 0 Å². The molecule has 4 nitrogen and oxygen atoms in total. The highest BCUT2D eigenvalue weighted by molar-refractivity contribution is 7.89. The molecule has 1 aromatic carbocycles. The largest absolute Gasteiger partial charge is 0.360 e. The maximum absolute atomic E-state index is 11.7. The van der Waals surface area contributed by atoms with E-state index < -0.39 is 10.0 Å². The zero-order valence-corrected chi connectivity index (χ0v) is 9.21. The van der Waals surface area contributed by atoms with Gasteiger partial charge < -0.3 is 4.90 Å². The van der Waals surface area contributed by atoms with Crippen LogP contribution in [-0.4, -0.2) is 22.1 Å². The molecular formula is C10H12N2O2S. The fourth-order valence-corrected chi connectivity index (χ4v) is 2.79. The molecule has 1 aromatic rings. The quantitative estimate of drug-likeness (QED) is 0.774. The molecule has 0 spiro atoms. The number of fused-ring (bicyclic) bond motifs is 1. The summed E-state index contributed by atoms with van der Waals surface area (Å²) in [6.45, 7) is 3.96. The van der Waals surface area contributed by atoms with E-state index in [4.69, 9.17) is 0 Å². The summed E-state index contributed by atoms with van der Waals surface area (Å²) < 4.78 is 25.8. The van der Waals surface area contributed by atoms with E-state index in [2.05, 4.69) is 11.3 Å². The molecule has 80 valence electrons. The van der Waals surface area contributed by atoms with Crippen LogP contribution in [0.2, 0.25) is 0 Å². The van der Waals surface area contributed by atoms with Crippen molar-refractivity contribution in [3.05, 3.63) is 30.3 Å². The SMILES string of the molecule is C=Cc1ccc2c(c1)N(C)CNS2(=O)=O. The average Bonchev–Trinajstić information content (AvgIpc) is 2.23. The summed E-state index contributed by atoms with van der Waals surface area (Å²) >= 11 is 0. The number of sulfonamides is 1.